The number of piperidine rings is 1. The van der Waals surface area contributed by atoms with Gasteiger partial charge in [-0.2, -0.15) is 0 Å². The summed E-state index contributed by atoms with van der Waals surface area (Å²) < 4.78 is 7.77. The monoisotopic (exact) mass is 247 g/mol. The first-order chi connectivity index (χ1) is 8.93. The Morgan fingerprint density at radius 3 is 3.11 bits per heavy atom. The molecule has 3 heterocycles. The molecule has 0 aromatic carbocycles. The van der Waals surface area contributed by atoms with Crippen LogP contribution in [0.1, 0.15) is 18.7 Å². The highest BCUT2D eigenvalue weighted by atomic mass is 16.5. The number of nitrogens with zero attached hydrogens (tertiary/aromatic N) is 4. The maximum absolute atomic E-state index is 5.86. The second-order valence-corrected chi connectivity index (χ2v) is 4.49. The van der Waals surface area contributed by atoms with Crippen LogP contribution in [0.15, 0.2) is 18.6 Å². The summed E-state index contributed by atoms with van der Waals surface area (Å²) in [5.41, 5.74) is 0.835. The summed E-state index contributed by atoms with van der Waals surface area (Å²) in [7, 11) is 0. The average molecular weight is 247 g/mol. The van der Waals surface area contributed by atoms with Crippen LogP contribution in [-0.4, -0.2) is 45.4 Å². The van der Waals surface area contributed by atoms with Crippen LogP contribution in [0.2, 0.25) is 0 Å². The molecule has 2 aromatic rings. The van der Waals surface area contributed by atoms with Crippen LogP contribution in [0.4, 0.5) is 0 Å². The number of aromatic nitrogens is 4. The molecule has 18 heavy (non-hydrogen) atoms. The molecule has 0 spiro atoms. The van der Waals surface area contributed by atoms with Gasteiger partial charge in [-0.25, -0.2) is 4.98 Å². The van der Waals surface area contributed by atoms with Crippen LogP contribution in [-0.2, 0) is 11.2 Å². The molecule has 6 nitrogen and oxygen atoms in total. The van der Waals surface area contributed by atoms with E-state index >= 15 is 0 Å². The Morgan fingerprint density at radius 2 is 2.22 bits per heavy atom. The average Bonchev–Trinajstić information content (AvgIpc) is 2.84. The summed E-state index contributed by atoms with van der Waals surface area (Å²) in [4.78, 5) is 4.08. The van der Waals surface area contributed by atoms with Crippen molar-refractivity contribution >= 4 is 5.65 Å². The second-order valence-electron chi connectivity index (χ2n) is 4.49. The third-order valence-electron chi connectivity index (χ3n) is 3.25. The summed E-state index contributed by atoms with van der Waals surface area (Å²) in [5.74, 6) is 0.909. The fourth-order valence-electron chi connectivity index (χ4n) is 2.24. The number of ether oxygens (including phenoxy) is 1. The summed E-state index contributed by atoms with van der Waals surface area (Å²) in [6.45, 7) is 2.81. The molecule has 0 aliphatic carbocycles. The van der Waals surface area contributed by atoms with E-state index in [0.717, 1.165) is 43.8 Å². The molecule has 1 fully saturated rings. The summed E-state index contributed by atoms with van der Waals surface area (Å²) in [6.07, 6.45) is 6.83. The zero-order valence-electron chi connectivity index (χ0n) is 10.2. The van der Waals surface area contributed by atoms with Crippen molar-refractivity contribution in [3.05, 3.63) is 24.4 Å². The molecular formula is C12H17N5O. The first-order valence-corrected chi connectivity index (χ1v) is 6.39. The van der Waals surface area contributed by atoms with Crippen molar-refractivity contribution in [3.63, 3.8) is 0 Å². The quantitative estimate of drug-likeness (QED) is 0.849. The lowest BCUT2D eigenvalue weighted by Gasteiger charge is -2.22. The zero-order chi connectivity index (χ0) is 12.2. The molecule has 3 rings (SSSR count). The van der Waals surface area contributed by atoms with E-state index in [1.807, 2.05) is 10.5 Å². The van der Waals surface area contributed by atoms with Crippen LogP contribution in [0.25, 0.3) is 5.65 Å². The first kappa shape index (κ1) is 11.6. The molecule has 0 atom stereocenters. The largest absolute Gasteiger partial charge is 0.378 e. The van der Waals surface area contributed by atoms with Crippen LogP contribution >= 0.6 is 0 Å². The van der Waals surface area contributed by atoms with Crippen LogP contribution in [0.5, 0.6) is 0 Å². The van der Waals surface area contributed by atoms with Crippen molar-refractivity contribution in [1.29, 1.82) is 0 Å². The minimum Gasteiger partial charge on any atom is -0.378 e. The van der Waals surface area contributed by atoms with E-state index < -0.39 is 0 Å². The van der Waals surface area contributed by atoms with Crippen LogP contribution in [0, 0.1) is 0 Å². The molecule has 6 heteroatoms. The maximum atomic E-state index is 5.86. The topological polar surface area (TPSA) is 64.3 Å². The number of hydrogen-bond acceptors (Lipinski definition) is 5. The van der Waals surface area contributed by atoms with E-state index in [1.54, 1.807) is 12.5 Å². The summed E-state index contributed by atoms with van der Waals surface area (Å²) in [5, 5.41) is 11.6. The van der Waals surface area contributed by atoms with Crippen molar-refractivity contribution in [1.82, 2.24) is 24.9 Å². The summed E-state index contributed by atoms with van der Waals surface area (Å²) in [6, 6.07) is 1.85. The van der Waals surface area contributed by atoms with Gasteiger partial charge in [0.05, 0.1) is 12.7 Å². The highest BCUT2D eigenvalue weighted by molar-refractivity contribution is 5.35. The molecule has 2 aromatic heterocycles. The summed E-state index contributed by atoms with van der Waals surface area (Å²) >= 11 is 0. The number of rotatable bonds is 4. The molecule has 1 N–H and O–H groups in total. The fraction of sp³-hybridized carbons (Fsp3) is 0.583. The molecular weight excluding hydrogens is 230 g/mol. The van der Waals surface area contributed by atoms with Crippen LogP contribution < -0.4 is 5.32 Å². The normalized spacial score (nSPS) is 17.3. The highest BCUT2D eigenvalue weighted by Gasteiger charge is 2.13. The van der Waals surface area contributed by atoms with Gasteiger partial charge in [-0.05, 0) is 25.9 Å². The molecule has 1 aliphatic rings. The Kier molecular flexibility index (Phi) is 3.47. The Hall–Kier alpha value is -1.53. The van der Waals surface area contributed by atoms with Crippen molar-refractivity contribution in [2.24, 2.45) is 0 Å². The molecule has 96 valence electrons. The van der Waals surface area contributed by atoms with Gasteiger partial charge in [0.25, 0.3) is 0 Å². The first-order valence-electron chi connectivity index (χ1n) is 6.39. The molecule has 0 saturated carbocycles. The molecule has 1 saturated heterocycles. The highest BCUT2D eigenvalue weighted by Crippen LogP contribution is 2.08. The van der Waals surface area contributed by atoms with E-state index in [-0.39, 0.29) is 0 Å². The zero-order valence-corrected chi connectivity index (χ0v) is 10.2. The number of fused-ring (bicyclic) bond motifs is 1. The number of hydrogen-bond donors (Lipinski definition) is 1. The molecule has 0 amide bonds. The van der Waals surface area contributed by atoms with E-state index in [9.17, 15) is 0 Å². The van der Waals surface area contributed by atoms with Gasteiger partial charge >= 0.3 is 0 Å². The lowest BCUT2D eigenvalue weighted by molar-refractivity contribution is 0.0341. The Bertz CT molecular complexity index is 506. The van der Waals surface area contributed by atoms with Gasteiger partial charge in [0.1, 0.15) is 12.2 Å². The maximum Gasteiger partial charge on any atom is 0.163 e. The lowest BCUT2D eigenvalue weighted by atomic mass is 10.1. The van der Waals surface area contributed by atoms with Gasteiger partial charge in [-0.15, -0.1) is 10.2 Å². The third kappa shape index (κ3) is 2.49. The van der Waals surface area contributed by atoms with Crippen molar-refractivity contribution in [2.75, 3.05) is 19.7 Å². The van der Waals surface area contributed by atoms with Crippen molar-refractivity contribution in [3.8, 4) is 0 Å². The number of nitrogens with one attached hydrogen (secondary N) is 1. The predicted octanol–water partition coefficient (Wildman–Crippen LogP) is 0.435. The van der Waals surface area contributed by atoms with Gasteiger partial charge in [0.2, 0.25) is 0 Å². The van der Waals surface area contributed by atoms with E-state index in [4.69, 9.17) is 4.74 Å². The standard InChI is InChI=1S/C12H17N5O/c1-5-13-6-2-10(1)18-8-4-12-16-15-11-3-7-14-9-17(11)12/h3,7,9-10,13H,1-2,4-6,8H2. The van der Waals surface area contributed by atoms with Gasteiger partial charge < -0.3 is 10.1 Å². The smallest absolute Gasteiger partial charge is 0.163 e. The Morgan fingerprint density at radius 1 is 1.33 bits per heavy atom. The van der Waals surface area contributed by atoms with E-state index in [1.165, 1.54) is 0 Å². The fourth-order valence-corrected chi connectivity index (χ4v) is 2.24. The molecule has 1 aliphatic heterocycles. The molecule has 0 unspecified atom stereocenters. The van der Waals surface area contributed by atoms with Gasteiger partial charge in [-0.3, -0.25) is 4.40 Å². The second kappa shape index (κ2) is 5.41. The third-order valence-corrected chi connectivity index (χ3v) is 3.25. The minimum atomic E-state index is 0.392. The van der Waals surface area contributed by atoms with Crippen LogP contribution in [0.3, 0.4) is 0 Å². The van der Waals surface area contributed by atoms with E-state index in [2.05, 4.69) is 20.5 Å². The molecule has 0 radical (unpaired) electrons. The predicted molar refractivity (Wildman–Crippen MR) is 66.3 cm³/mol. The van der Waals surface area contributed by atoms with Crippen molar-refractivity contribution < 1.29 is 4.74 Å². The lowest BCUT2D eigenvalue weighted by Crippen LogP contribution is -2.32. The van der Waals surface area contributed by atoms with Gasteiger partial charge in [0, 0.05) is 18.7 Å². The van der Waals surface area contributed by atoms with Gasteiger partial charge in [-0.1, -0.05) is 0 Å². The Labute approximate surface area is 105 Å². The SMILES string of the molecule is c1cc2nnc(CCOC3CCNCC3)n2cn1. The Balaban J connectivity index is 1.56. The molecule has 0 bridgehead atoms. The minimum absolute atomic E-state index is 0.392. The van der Waals surface area contributed by atoms with Crippen molar-refractivity contribution in [2.45, 2.75) is 25.4 Å². The van der Waals surface area contributed by atoms with Gasteiger partial charge in [0.15, 0.2) is 5.65 Å². The van der Waals surface area contributed by atoms with E-state index in [0.29, 0.717) is 12.7 Å².